The lowest BCUT2D eigenvalue weighted by Gasteiger charge is -2.37. The van der Waals surface area contributed by atoms with Crippen molar-refractivity contribution in [2.24, 2.45) is 0 Å². The van der Waals surface area contributed by atoms with Crippen LogP contribution in [0, 0.1) is 0 Å². The Bertz CT molecular complexity index is 1400. The first kappa shape index (κ1) is 31.0. The number of ether oxygens (including phenoxy) is 4. The Morgan fingerprint density at radius 2 is 1.44 bits per heavy atom. The molecule has 1 atom stereocenters. The minimum Gasteiger partial charge on any atom is -0.457 e. The van der Waals surface area contributed by atoms with Gasteiger partial charge in [-0.25, -0.2) is 26.2 Å². The van der Waals surface area contributed by atoms with E-state index in [0.29, 0.717) is 13.2 Å². The molecule has 2 saturated heterocycles. The Hall–Kier alpha value is -2.96. The van der Waals surface area contributed by atoms with E-state index in [1.54, 1.807) is 0 Å². The second-order valence-corrected chi connectivity index (χ2v) is 13.3. The van der Waals surface area contributed by atoms with Crippen molar-refractivity contribution >= 4 is 26.3 Å². The Morgan fingerprint density at radius 1 is 0.927 bits per heavy atom. The van der Waals surface area contributed by atoms with E-state index < -0.39 is 55.3 Å². The summed E-state index contributed by atoms with van der Waals surface area (Å²) in [5, 5.41) is 10.1. The molecule has 0 aromatic heterocycles. The molecule has 2 heterocycles. The first-order valence-electron chi connectivity index (χ1n) is 12.3. The van der Waals surface area contributed by atoms with Crippen LogP contribution in [-0.4, -0.2) is 93.8 Å². The molecule has 4 rings (SSSR count). The molecule has 226 valence electrons. The predicted octanol–water partition coefficient (Wildman–Crippen LogP) is 2.54. The SMILES string of the molecule is O=CN(O)C(CS(=O)(=O)c1ccc(Oc2ccc(OC(F)(F)F)cc2)cc1)CS(=O)(=O)N1CCC2(CC1)OCCO2. The van der Waals surface area contributed by atoms with Gasteiger partial charge in [0.25, 0.3) is 0 Å². The molecule has 2 fully saturated rings. The third kappa shape index (κ3) is 8.08. The molecule has 2 aromatic rings. The molecule has 0 bridgehead atoms. The number of nitrogens with zero attached hydrogens (tertiary/aromatic N) is 2. The van der Waals surface area contributed by atoms with Crippen molar-refractivity contribution in [2.45, 2.75) is 35.9 Å². The highest BCUT2D eigenvalue weighted by Gasteiger charge is 2.43. The highest BCUT2D eigenvalue weighted by Crippen LogP contribution is 2.33. The summed E-state index contributed by atoms with van der Waals surface area (Å²) in [5.74, 6) is -2.71. The summed E-state index contributed by atoms with van der Waals surface area (Å²) in [4.78, 5) is 11.0. The van der Waals surface area contributed by atoms with Gasteiger partial charge in [0.05, 0.1) is 35.7 Å². The van der Waals surface area contributed by atoms with Crippen LogP contribution < -0.4 is 9.47 Å². The van der Waals surface area contributed by atoms with Gasteiger partial charge in [0.1, 0.15) is 17.2 Å². The number of rotatable bonds is 11. The molecule has 2 aliphatic heterocycles. The van der Waals surface area contributed by atoms with Crippen LogP contribution >= 0.6 is 0 Å². The van der Waals surface area contributed by atoms with Crippen LogP contribution in [0.3, 0.4) is 0 Å². The highest BCUT2D eigenvalue weighted by molar-refractivity contribution is 7.91. The maximum atomic E-state index is 13.1. The Labute approximate surface area is 234 Å². The average molecular weight is 625 g/mol. The van der Waals surface area contributed by atoms with E-state index >= 15 is 0 Å². The topological polar surface area (TPSA) is 149 Å². The molecule has 2 aliphatic rings. The van der Waals surface area contributed by atoms with Crippen LogP contribution in [0.5, 0.6) is 17.2 Å². The van der Waals surface area contributed by atoms with Crippen molar-refractivity contribution in [3.63, 3.8) is 0 Å². The van der Waals surface area contributed by atoms with Crippen molar-refractivity contribution in [3.8, 4) is 17.2 Å². The van der Waals surface area contributed by atoms with Crippen molar-refractivity contribution in [3.05, 3.63) is 48.5 Å². The molecule has 1 spiro atoms. The molecular weight excluding hydrogens is 597 g/mol. The van der Waals surface area contributed by atoms with Crippen LogP contribution in [0.4, 0.5) is 13.2 Å². The number of carbonyl (C=O) groups is 1. The lowest BCUT2D eigenvalue weighted by atomic mass is 10.1. The first-order chi connectivity index (χ1) is 19.2. The molecule has 1 amide bonds. The molecule has 0 saturated carbocycles. The minimum atomic E-state index is -4.84. The minimum absolute atomic E-state index is 0.0212. The van der Waals surface area contributed by atoms with Crippen LogP contribution in [0.15, 0.2) is 53.4 Å². The number of hydroxylamine groups is 2. The number of carbonyl (C=O) groups excluding carboxylic acids is 1. The van der Waals surface area contributed by atoms with Crippen molar-refractivity contribution < 1.29 is 59.0 Å². The van der Waals surface area contributed by atoms with Gasteiger partial charge in [0.15, 0.2) is 15.6 Å². The van der Waals surface area contributed by atoms with Gasteiger partial charge in [-0.05, 0) is 48.5 Å². The quantitative estimate of drug-likeness (QED) is 0.225. The van der Waals surface area contributed by atoms with Gasteiger partial charge < -0.3 is 18.9 Å². The van der Waals surface area contributed by atoms with E-state index in [1.165, 1.54) is 36.4 Å². The number of alkyl halides is 3. The molecule has 0 radical (unpaired) electrons. The maximum Gasteiger partial charge on any atom is 0.573 e. The molecule has 41 heavy (non-hydrogen) atoms. The Balaban J connectivity index is 1.40. The van der Waals surface area contributed by atoms with E-state index in [1.807, 2.05) is 0 Å². The number of sulfonamides is 1. The lowest BCUT2D eigenvalue weighted by Crippen LogP contribution is -2.51. The Morgan fingerprint density at radius 3 is 1.95 bits per heavy atom. The highest BCUT2D eigenvalue weighted by atomic mass is 32.2. The molecular formula is C24H27F3N2O10S2. The molecule has 0 aliphatic carbocycles. The number of sulfone groups is 1. The molecule has 12 nitrogen and oxygen atoms in total. The average Bonchev–Trinajstić information content (AvgIpc) is 3.36. The standard InChI is InChI=1S/C24H27F3N2O10S2/c25-24(26,27)39-21-3-1-19(2-4-21)38-20-5-7-22(8-6-20)40(32,33)15-18(29(31)17-30)16-41(34,35)28-11-9-23(10-12-28)36-13-14-37-23/h1-8,17-18,31H,9-16H2. The van der Waals surface area contributed by atoms with Gasteiger partial charge in [-0.2, -0.15) is 0 Å². The van der Waals surface area contributed by atoms with E-state index in [2.05, 4.69) is 4.74 Å². The van der Waals surface area contributed by atoms with Crippen LogP contribution in [0.2, 0.25) is 0 Å². The van der Waals surface area contributed by atoms with Crippen LogP contribution in [0.25, 0.3) is 0 Å². The molecule has 17 heteroatoms. The second-order valence-electron chi connectivity index (χ2n) is 9.30. The van der Waals surface area contributed by atoms with Gasteiger partial charge in [-0.15, -0.1) is 13.2 Å². The number of hydrogen-bond donors (Lipinski definition) is 1. The lowest BCUT2D eigenvalue weighted by molar-refractivity contribution is -0.274. The van der Waals surface area contributed by atoms with Crippen molar-refractivity contribution in [1.29, 1.82) is 0 Å². The fourth-order valence-electron chi connectivity index (χ4n) is 4.44. The summed E-state index contributed by atoms with van der Waals surface area (Å²) >= 11 is 0. The number of benzene rings is 2. The normalized spacial score (nSPS) is 18.6. The summed E-state index contributed by atoms with van der Waals surface area (Å²) in [6, 6.07) is 7.84. The molecule has 1 N–H and O–H groups in total. The number of amides is 1. The molecule has 2 aromatic carbocycles. The predicted molar refractivity (Wildman–Crippen MR) is 134 cm³/mol. The zero-order valence-corrected chi connectivity index (χ0v) is 23.0. The second kappa shape index (κ2) is 12.1. The number of halogens is 3. The van der Waals surface area contributed by atoms with Gasteiger partial charge >= 0.3 is 6.36 Å². The zero-order chi connectivity index (χ0) is 29.9. The third-order valence-corrected chi connectivity index (χ3v) is 10.2. The molecule has 1 unspecified atom stereocenters. The van der Waals surface area contributed by atoms with E-state index in [9.17, 15) is 40.0 Å². The number of piperidine rings is 1. The maximum absolute atomic E-state index is 13.1. The van der Waals surface area contributed by atoms with Crippen LogP contribution in [-0.2, 0) is 34.1 Å². The van der Waals surface area contributed by atoms with Crippen molar-refractivity contribution in [1.82, 2.24) is 9.37 Å². The van der Waals surface area contributed by atoms with E-state index in [0.717, 1.165) is 16.4 Å². The van der Waals surface area contributed by atoms with Crippen molar-refractivity contribution in [2.75, 3.05) is 37.8 Å². The monoisotopic (exact) mass is 624 g/mol. The fraction of sp³-hybridized carbons (Fsp3) is 0.458. The first-order valence-corrected chi connectivity index (χ1v) is 15.5. The van der Waals surface area contributed by atoms with E-state index in [-0.39, 0.29) is 53.8 Å². The largest absolute Gasteiger partial charge is 0.573 e. The van der Waals surface area contributed by atoms with Crippen LogP contribution in [0.1, 0.15) is 12.8 Å². The fourth-order valence-corrected chi connectivity index (χ4v) is 7.81. The van der Waals surface area contributed by atoms with Gasteiger partial charge in [-0.3, -0.25) is 10.0 Å². The summed E-state index contributed by atoms with van der Waals surface area (Å²) in [6.07, 6.45) is -4.34. The zero-order valence-electron chi connectivity index (χ0n) is 21.4. The Kier molecular flexibility index (Phi) is 9.15. The van der Waals surface area contributed by atoms with Gasteiger partial charge in [0, 0.05) is 25.9 Å². The van der Waals surface area contributed by atoms with Gasteiger partial charge in [-0.1, -0.05) is 0 Å². The summed E-state index contributed by atoms with van der Waals surface area (Å²) in [6.45, 7) is 0.945. The number of hydrogen-bond acceptors (Lipinski definition) is 10. The third-order valence-electron chi connectivity index (χ3n) is 6.46. The van der Waals surface area contributed by atoms with E-state index in [4.69, 9.17) is 14.2 Å². The summed E-state index contributed by atoms with van der Waals surface area (Å²) in [5.41, 5.74) is 0. The van der Waals surface area contributed by atoms with Gasteiger partial charge in [0.2, 0.25) is 16.4 Å². The summed E-state index contributed by atoms with van der Waals surface area (Å²) in [7, 11) is -8.30. The smallest absolute Gasteiger partial charge is 0.457 e. The summed E-state index contributed by atoms with van der Waals surface area (Å²) < 4.78 is 111.